The first-order chi connectivity index (χ1) is 15.3. The van der Waals surface area contributed by atoms with Gasteiger partial charge in [-0.25, -0.2) is 23.2 Å². The third kappa shape index (κ3) is 5.66. The zero-order valence-corrected chi connectivity index (χ0v) is 18.0. The number of benzene rings is 1. The van der Waals surface area contributed by atoms with Gasteiger partial charge in [-0.2, -0.15) is 0 Å². The third-order valence-electron chi connectivity index (χ3n) is 5.16. The molecule has 2 atom stereocenters. The number of anilines is 2. The van der Waals surface area contributed by atoms with Crippen LogP contribution in [0.25, 0.3) is 4.85 Å². The first-order valence-electron chi connectivity index (χ1n) is 10.4. The molecule has 1 aromatic rings. The van der Waals surface area contributed by atoms with Crippen molar-refractivity contribution in [2.24, 2.45) is 5.92 Å². The molecule has 172 valence electrons. The number of rotatable bonds is 6. The van der Waals surface area contributed by atoms with Crippen molar-refractivity contribution in [2.75, 3.05) is 42.6 Å². The Bertz CT molecular complexity index is 931. The summed E-state index contributed by atoms with van der Waals surface area (Å²) in [5.74, 6) is -0.379. The maximum atomic E-state index is 14.8. The summed E-state index contributed by atoms with van der Waals surface area (Å²) < 4.78 is 39.3. The van der Waals surface area contributed by atoms with E-state index in [1.807, 2.05) is 13.8 Å². The van der Waals surface area contributed by atoms with E-state index in [0.29, 0.717) is 24.2 Å². The molecule has 2 saturated heterocycles. The topological polar surface area (TPSA) is 75.5 Å². The van der Waals surface area contributed by atoms with Gasteiger partial charge in [-0.1, -0.05) is 13.8 Å². The summed E-state index contributed by atoms with van der Waals surface area (Å²) in [4.78, 5) is 29.9. The molecule has 0 aromatic heterocycles. The minimum atomic E-state index is -1.33. The molecule has 1 aromatic carbocycles. The van der Waals surface area contributed by atoms with E-state index in [0.717, 1.165) is 0 Å². The van der Waals surface area contributed by atoms with Crippen LogP contribution in [-0.2, 0) is 9.47 Å². The lowest BCUT2D eigenvalue weighted by molar-refractivity contribution is 0.118. The highest BCUT2D eigenvalue weighted by atomic mass is 19.1. The van der Waals surface area contributed by atoms with E-state index >= 15 is 0 Å². The summed E-state index contributed by atoms with van der Waals surface area (Å²) in [6.45, 7) is 11.5. The molecule has 0 bridgehead atoms. The van der Waals surface area contributed by atoms with Crippen molar-refractivity contribution >= 4 is 23.6 Å². The second-order valence-corrected chi connectivity index (χ2v) is 8.12. The fourth-order valence-electron chi connectivity index (χ4n) is 3.52. The fraction of sp³-hybridized carbons (Fsp3) is 0.500. The second kappa shape index (κ2) is 10.3. The molecule has 2 fully saturated rings. The van der Waals surface area contributed by atoms with E-state index < -0.39 is 30.3 Å². The standard InChI is InChI=1S/C22H26F2N4O4/c1-14(2)13-31-21(29)26-10-17-11-28(22(30)32-17)16-4-5-20(18(23)8-16)27-7-6-15(9-25-3)19(24)12-27/h4-5,8-9,14,17,19H,6-7,10-13H2,1-2H3,(H,26,29)/t17-,19?/m0/s1. The lowest BCUT2D eigenvalue weighted by Gasteiger charge is -2.33. The number of amides is 2. The predicted molar refractivity (Wildman–Crippen MR) is 115 cm³/mol. The summed E-state index contributed by atoms with van der Waals surface area (Å²) in [5, 5.41) is 2.55. The second-order valence-electron chi connectivity index (χ2n) is 8.12. The smallest absolute Gasteiger partial charge is 0.414 e. The summed E-state index contributed by atoms with van der Waals surface area (Å²) in [5.41, 5.74) is 0.960. The average Bonchev–Trinajstić information content (AvgIpc) is 3.13. The first kappa shape index (κ1) is 23.3. The quantitative estimate of drug-likeness (QED) is 0.669. The molecule has 0 spiro atoms. The predicted octanol–water partition coefficient (Wildman–Crippen LogP) is 3.88. The minimum absolute atomic E-state index is 0.0377. The van der Waals surface area contributed by atoms with Gasteiger partial charge in [0.2, 0.25) is 0 Å². The number of alkyl halides is 1. The van der Waals surface area contributed by atoms with E-state index in [-0.39, 0.29) is 37.8 Å². The van der Waals surface area contributed by atoms with Gasteiger partial charge in [0.25, 0.3) is 0 Å². The summed E-state index contributed by atoms with van der Waals surface area (Å²) in [6.07, 6.45) is -1.63. The summed E-state index contributed by atoms with van der Waals surface area (Å²) >= 11 is 0. The normalized spacial score (nSPS) is 22.1. The first-order valence-corrected chi connectivity index (χ1v) is 10.4. The monoisotopic (exact) mass is 448 g/mol. The Balaban J connectivity index is 1.59. The number of alkyl carbamates (subject to hydrolysis) is 1. The maximum Gasteiger partial charge on any atom is 0.414 e. The van der Waals surface area contributed by atoms with Crippen LogP contribution in [0.15, 0.2) is 30.0 Å². The Kier molecular flexibility index (Phi) is 7.51. The number of carbonyl (C=O) groups excluding carboxylic acids is 2. The molecule has 2 heterocycles. The van der Waals surface area contributed by atoms with Gasteiger partial charge in [-0.3, -0.25) is 4.90 Å². The largest absolute Gasteiger partial charge is 0.449 e. The van der Waals surface area contributed by atoms with E-state index in [4.69, 9.17) is 16.0 Å². The van der Waals surface area contributed by atoms with E-state index in [1.165, 1.54) is 23.2 Å². The molecule has 0 radical (unpaired) electrons. The Hall–Kier alpha value is -3.35. The van der Waals surface area contributed by atoms with E-state index in [9.17, 15) is 18.4 Å². The molecular weight excluding hydrogens is 422 g/mol. The minimum Gasteiger partial charge on any atom is -0.449 e. The van der Waals surface area contributed by atoms with Gasteiger partial charge in [-0.05, 0) is 36.1 Å². The molecule has 2 aliphatic rings. The van der Waals surface area contributed by atoms with Gasteiger partial charge in [0.05, 0.1) is 44.2 Å². The Labute approximate surface area is 185 Å². The number of cyclic esters (lactones) is 1. The van der Waals surface area contributed by atoms with Crippen molar-refractivity contribution in [2.45, 2.75) is 32.5 Å². The molecule has 32 heavy (non-hydrogen) atoms. The summed E-state index contributed by atoms with van der Waals surface area (Å²) in [6, 6.07) is 4.29. The van der Waals surface area contributed by atoms with Crippen LogP contribution in [0, 0.1) is 18.3 Å². The van der Waals surface area contributed by atoms with Crippen molar-refractivity contribution in [3.63, 3.8) is 0 Å². The number of nitrogens with zero attached hydrogens (tertiary/aromatic N) is 3. The number of piperidine rings is 1. The summed E-state index contributed by atoms with van der Waals surface area (Å²) in [7, 11) is 0. The highest BCUT2D eigenvalue weighted by Crippen LogP contribution is 2.31. The third-order valence-corrected chi connectivity index (χ3v) is 5.16. The van der Waals surface area contributed by atoms with Crippen LogP contribution in [0.3, 0.4) is 0 Å². The fourth-order valence-corrected chi connectivity index (χ4v) is 3.52. The lowest BCUT2D eigenvalue weighted by atomic mass is 10.0. The van der Waals surface area contributed by atoms with Crippen LogP contribution in [0.2, 0.25) is 0 Å². The number of carbonyl (C=O) groups is 2. The number of hydrogen-bond acceptors (Lipinski definition) is 5. The van der Waals surface area contributed by atoms with Crippen molar-refractivity contribution in [3.8, 4) is 0 Å². The highest BCUT2D eigenvalue weighted by Gasteiger charge is 2.33. The van der Waals surface area contributed by atoms with Crippen LogP contribution < -0.4 is 15.1 Å². The Morgan fingerprint density at radius 1 is 1.44 bits per heavy atom. The van der Waals surface area contributed by atoms with Gasteiger partial charge < -0.3 is 19.7 Å². The molecule has 10 heteroatoms. The molecular formula is C22H26F2N4O4. The van der Waals surface area contributed by atoms with Gasteiger partial charge in [-0.15, -0.1) is 0 Å². The number of hydrogen-bond donors (Lipinski definition) is 1. The van der Waals surface area contributed by atoms with Crippen LogP contribution in [0.1, 0.15) is 20.3 Å². The zero-order valence-electron chi connectivity index (χ0n) is 18.0. The van der Waals surface area contributed by atoms with Crippen LogP contribution in [-0.4, -0.2) is 57.2 Å². The van der Waals surface area contributed by atoms with E-state index in [2.05, 4.69) is 10.2 Å². The van der Waals surface area contributed by atoms with Crippen molar-refractivity contribution in [1.29, 1.82) is 0 Å². The van der Waals surface area contributed by atoms with Crippen LogP contribution in [0.4, 0.5) is 29.7 Å². The number of halogens is 2. The molecule has 3 rings (SSSR count). The molecule has 8 nitrogen and oxygen atoms in total. The van der Waals surface area contributed by atoms with Gasteiger partial charge in [0.1, 0.15) is 18.1 Å². The van der Waals surface area contributed by atoms with Crippen LogP contribution in [0.5, 0.6) is 0 Å². The molecule has 1 N–H and O–H groups in total. The van der Waals surface area contributed by atoms with Crippen molar-refractivity contribution < 1.29 is 27.8 Å². The zero-order chi connectivity index (χ0) is 23.3. The molecule has 0 saturated carbocycles. The molecule has 0 aliphatic carbocycles. The lowest BCUT2D eigenvalue weighted by Crippen LogP contribution is -2.38. The van der Waals surface area contributed by atoms with Crippen molar-refractivity contribution in [3.05, 3.63) is 47.2 Å². The Morgan fingerprint density at radius 3 is 2.88 bits per heavy atom. The molecule has 1 unspecified atom stereocenters. The highest BCUT2D eigenvalue weighted by molar-refractivity contribution is 5.90. The van der Waals surface area contributed by atoms with Crippen molar-refractivity contribution in [1.82, 2.24) is 5.32 Å². The molecule has 2 aliphatic heterocycles. The molecule has 2 amide bonds. The van der Waals surface area contributed by atoms with Gasteiger partial charge in [0, 0.05) is 6.54 Å². The van der Waals surface area contributed by atoms with Gasteiger partial charge in [0.15, 0.2) is 6.20 Å². The average molecular weight is 448 g/mol. The van der Waals surface area contributed by atoms with Gasteiger partial charge >= 0.3 is 12.2 Å². The maximum absolute atomic E-state index is 14.8. The van der Waals surface area contributed by atoms with E-state index in [1.54, 1.807) is 11.0 Å². The number of nitrogens with one attached hydrogen (secondary N) is 1. The SMILES string of the molecule is [C-]#[N+]C=C1CCN(c2ccc(N3C[C@H](CNC(=O)OCC(C)C)OC3=O)cc2F)CC1F. The Morgan fingerprint density at radius 2 is 2.22 bits per heavy atom. The van der Waals surface area contributed by atoms with Crippen LogP contribution >= 0.6 is 0 Å². The number of ether oxygens (including phenoxy) is 2.